The molecule has 0 aromatic carbocycles. The topological polar surface area (TPSA) is 74.0 Å². The van der Waals surface area contributed by atoms with Gasteiger partial charge in [0.15, 0.2) is 0 Å². The molecular weight excluding hydrogens is 710 g/mol. The van der Waals surface area contributed by atoms with E-state index in [0.29, 0.717) is 47.7 Å². The molecule has 0 amide bonds. The lowest BCUT2D eigenvalue weighted by Gasteiger charge is -2.42. The Morgan fingerprint density at radius 1 is 0.654 bits per heavy atom. The first-order valence-electron chi connectivity index (χ1n) is 7.32. The van der Waals surface area contributed by atoms with Gasteiger partial charge in [-0.3, -0.25) is 0 Å². The predicted octanol–water partition coefficient (Wildman–Crippen LogP) is 7.96. The molecule has 0 N–H and O–H groups in total. The molecule has 3 aliphatic heterocycles. The summed E-state index contributed by atoms with van der Waals surface area (Å²) in [6, 6.07) is 0. The van der Waals surface area contributed by atoms with Crippen LogP contribution in [0.3, 0.4) is 0 Å². The third-order valence-electron chi connectivity index (χ3n) is 3.96. The van der Waals surface area contributed by atoms with Crippen LogP contribution in [0.2, 0.25) is 0 Å². The lowest BCUT2D eigenvalue weighted by molar-refractivity contribution is 0.0574. The Morgan fingerprint density at radius 2 is 1.00 bits per heavy atom. The van der Waals surface area contributed by atoms with Crippen LogP contribution in [0.4, 0.5) is 0 Å². The first-order chi connectivity index (χ1) is 12.2. The fourth-order valence-electron chi connectivity index (χ4n) is 2.10. The van der Waals surface area contributed by atoms with E-state index in [-0.39, 0.29) is 10.8 Å². The van der Waals surface area contributed by atoms with Gasteiger partial charge in [-0.25, -0.2) is 0 Å². The Kier molecular flexibility index (Phi) is 8.09. The van der Waals surface area contributed by atoms with E-state index in [2.05, 4.69) is 77.3 Å². The molecule has 2 fully saturated rings. The van der Waals surface area contributed by atoms with E-state index in [1.807, 2.05) is 0 Å². The summed E-state index contributed by atoms with van der Waals surface area (Å²) < 4.78 is 37.4. The van der Waals surface area contributed by atoms with E-state index in [0.717, 1.165) is 0 Å². The van der Waals surface area contributed by atoms with Gasteiger partial charge in [0, 0.05) is 32.2 Å². The van der Waals surface area contributed by atoms with E-state index in [1.54, 1.807) is 0 Å². The molecule has 0 aromatic heterocycles. The maximum absolute atomic E-state index is 6.38. The fourth-order valence-corrected chi connectivity index (χ4v) is 16.6. The van der Waals surface area contributed by atoms with E-state index >= 15 is 0 Å². The van der Waals surface area contributed by atoms with Crippen molar-refractivity contribution in [1.29, 1.82) is 0 Å². The molecular formula is C10H16Br4Cl2N3O4P3. The number of rotatable bonds is 4. The van der Waals surface area contributed by atoms with Crippen molar-refractivity contribution >= 4 is 107 Å². The van der Waals surface area contributed by atoms with Gasteiger partial charge in [0.05, 0.1) is 26.4 Å². The van der Waals surface area contributed by atoms with Gasteiger partial charge in [-0.1, -0.05) is 63.7 Å². The van der Waals surface area contributed by atoms with Gasteiger partial charge in [-0.15, -0.1) is 4.52 Å². The van der Waals surface area contributed by atoms with Crippen molar-refractivity contribution in [2.75, 3.05) is 47.7 Å². The number of alkyl halides is 4. The highest BCUT2D eigenvalue weighted by Gasteiger charge is 2.49. The predicted molar refractivity (Wildman–Crippen MR) is 124 cm³/mol. The fraction of sp³-hybridized carbons (Fsp3) is 1.00. The zero-order chi connectivity index (χ0) is 19.1. The molecule has 0 aliphatic carbocycles. The van der Waals surface area contributed by atoms with Gasteiger partial charge in [-0.2, -0.15) is 9.03 Å². The maximum Gasteiger partial charge on any atom is 0.347 e. The van der Waals surface area contributed by atoms with Crippen molar-refractivity contribution in [2.24, 2.45) is 24.4 Å². The summed E-state index contributed by atoms with van der Waals surface area (Å²) in [5.41, 5.74) is -0.406. The smallest absolute Gasteiger partial charge is 0.306 e. The zero-order valence-electron chi connectivity index (χ0n) is 13.2. The normalized spacial score (nSPS) is 30.2. The third kappa shape index (κ3) is 4.92. The van der Waals surface area contributed by atoms with Crippen LogP contribution in [-0.4, -0.2) is 47.7 Å². The molecule has 0 bridgehead atoms. The standard InChI is InChI=1S/C10H16Br4Cl2N3O4P3/c11-1-9(2-12)5-20-25(21-6-9)17-24(15,16)18-26(19-25)22-7-10(3-13,4-14)8-23-26/h1-8H2. The van der Waals surface area contributed by atoms with Crippen molar-refractivity contribution in [3.05, 3.63) is 0 Å². The SMILES string of the molecule is ClP1(Cl)=NP2(=NP3(=N1)OCC(CBr)(CBr)CO3)OCC(CBr)(CBr)CO2. The minimum absolute atomic E-state index is 0.203. The van der Waals surface area contributed by atoms with Gasteiger partial charge >= 0.3 is 15.3 Å². The summed E-state index contributed by atoms with van der Waals surface area (Å²) in [5.74, 6) is -3.07. The van der Waals surface area contributed by atoms with Crippen LogP contribution >= 0.6 is 107 Å². The average molecular weight is 726 g/mol. The molecule has 152 valence electrons. The van der Waals surface area contributed by atoms with Gasteiger partial charge in [0.2, 0.25) is 0 Å². The quantitative estimate of drug-likeness (QED) is 0.218. The summed E-state index contributed by atoms with van der Waals surface area (Å²) in [6.45, 7) is 1.63. The maximum atomic E-state index is 6.38. The van der Waals surface area contributed by atoms with Crippen LogP contribution in [0, 0.1) is 10.8 Å². The van der Waals surface area contributed by atoms with Crippen molar-refractivity contribution in [2.45, 2.75) is 0 Å². The highest BCUT2D eigenvalue weighted by Crippen LogP contribution is 2.84. The molecule has 0 aromatic rings. The summed E-state index contributed by atoms with van der Waals surface area (Å²) in [4.78, 5) is 0. The van der Waals surface area contributed by atoms with Gasteiger partial charge in [-0.05, 0) is 22.5 Å². The van der Waals surface area contributed by atoms with Crippen LogP contribution in [0.25, 0.3) is 0 Å². The van der Waals surface area contributed by atoms with Crippen LogP contribution in [0.15, 0.2) is 13.5 Å². The number of hydrogen-bond donors (Lipinski definition) is 0. The molecule has 0 unspecified atom stereocenters. The molecule has 0 radical (unpaired) electrons. The summed E-state index contributed by atoms with van der Waals surface area (Å²) in [5, 5.41) is 2.85. The average Bonchev–Trinajstić information content (AvgIpc) is 2.63. The molecule has 0 saturated carbocycles. The van der Waals surface area contributed by atoms with Crippen molar-refractivity contribution < 1.29 is 18.1 Å². The molecule has 0 atom stereocenters. The highest BCUT2D eigenvalue weighted by atomic mass is 79.9. The first kappa shape index (κ1) is 23.7. The summed E-state index contributed by atoms with van der Waals surface area (Å²) >= 11 is 26.8. The highest BCUT2D eigenvalue weighted by molar-refractivity contribution is 9.10. The van der Waals surface area contributed by atoms with Crippen molar-refractivity contribution in [3.8, 4) is 0 Å². The Balaban J connectivity index is 1.93. The molecule has 3 heterocycles. The Morgan fingerprint density at radius 3 is 1.35 bits per heavy atom. The number of hydrogen-bond acceptors (Lipinski definition) is 7. The van der Waals surface area contributed by atoms with Crippen molar-refractivity contribution in [3.63, 3.8) is 0 Å². The Bertz CT molecular complexity index is 669. The van der Waals surface area contributed by atoms with E-state index in [9.17, 15) is 0 Å². The third-order valence-corrected chi connectivity index (χ3v) is 18.3. The van der Waals surface area contributed by atoms with Gasteiger partial charge < -0.3 is 18.1 Å². The van der Waals surface area contributed by atoms with Crippen LogP contribution in [0.1, 0.15) is 0 Å². The minimum atomic E-state index is -3.07. The molecule has 16 heteroatoms. The zero-order valence-corrected chi connectivity index (χ0v) is 23.8. The van der Waals surface area contributed by atoms with Gasteiger partial charge in [0.25, 0.3) is 5.91 Å². The molecule has 2 spiro atoms. The van der Waals surface area contributed by atoms with Crippen LogP contribution in [-0.2, 0) is 18.1 Å². The Hall–Kier alpha value is 3.03. The van der Waals surface area contributed by atoms with Crippen LogP contribution < -0.4 is 0 Å². The number of halogens is 6. The molecule has 2 saturated heterocycles. The van der Waals surface area contributed by atoms with Gasteiger partial charge in [0.1, 0.15) is 0 Å². The number of nitrogens with zero attached hydrogens (tertiary/aromatic N) is 3. The largest absolute Gasteiger partial charge is 0.347 e. The lowest BCUT2D eigenvalue weighted by atomic mass is 9.96. The summed E-state index contributed by atoms with van der Waals surface area (Å²) in [7, 11) is -6.06. The van der Waals surface area contributed by atoms with Crippen molar-refractivity contribution in [1.82, 2.24) is 0 Å². The van der Waals surface area contributed by atoms with Crippen LogP contribution in [0.5, 0.6) is 0 Å². The van der Waals surface area contributed by atoms with E-state index in [4.69, 9.17) is 40.6 Å². The first-order valence-corrected chi connectivity index (χ1v) is 18.4. The molecule has 3 aliphatic rings. The van der Waals surface area contributed by atoms with E-state index < -0.39 is 21.2 Å². The molecule has 3 rings (SSSR count). The monoisotopic (exact) mass is 721 g/mol. The minimum Gasteiger partial charge on any atom is -0.306 e. The second-order valence-electron chi connectivity index (χ2n) is 6.33. The van der Waals surface area contributed by atoms with E-state index in [1.165, 1.54) is 0 Å². The summed E-state index contributed by atoms with van der Waals surface area (Å²) in [6.07, 6.45) is 0. The second-order valence-corrected chi connectivity index (χ2v) is 18.0. The second kappa shape index (κ2) is 8.88. The lowest BCUT2D eigenvalue weighted by Crippen LogP contribution is -2.39. The molecule has 7 nitrogen and oxygen atoms in total. The molecule has 26 heavy (non-hydrogen) atoms. The Labute approximate surface area is 196 Å².